The van der Waals surface area contributed by atoms with Gasteiger partial charge in [-0.1, -0.05) is 35.6 Å². The molecule has 37 heavy (non-hydrogen) atoms. The zero-order chi connectivity index (χ0) is 26.6. The number of hydrogen-bond donors (Lipinski definition) is 0. The quantitative estimate of drug-likeness (QED) is 0.412. The maximum absolute atomic E-state index is 12.7. The van der Waals surface area contributed by atoms with Crippen molar-refractivity contribution in [1.29, 1.82) is 0 Å². The molecule has 1 saturated heterocycles. The number of piperazine rings is 1. The highest BCUT2D eigenvalue weighted by molar-refractivity contribution is 7.92. The topological polar surface area (TPSA) is 118 Å². The van der Waals surface area contributed by atoms with E-state index in [9.17, 15) is 22.8 Å². The summed E-state index contributed by atoms with van der Waals surface area (Å²) < 4.78 is 32.4. The molecule has 0 radical (unpaired) electrons. The number of carbonyl (C=O) groups is 3. The molecule has 2 heterocycles. The number of hydrogen-bond acceptors (Lipinski definition) is 8. The number of sulfone groups is 1. The van der Waals surface area contributed by atoms with Gasteiger partial charge in [0.15, 0.2) is 14.6 Å². The molecule has 1 fully saturated rings. The van der Waals surface area contributed by atoms with E-state index >= 15 is 0 Å². The average Bonchev–Trinajstić information content (AvgIpc) is 3.19. The molecule has 12 heteroatoms. The van der Waals surface area contributed by atoms with Crippen molar-refractivity contribution in [3.8, 4) is 0 Å². The van der Waals surface area contributed by atoms with Crippen LogP contribution in [-0.4, -0.2) is 80.5 Å². The molecule has 1 aliphatic rings. The Kier molecular flexibility index (Phi) is 8.08. The van der Waals surface area contributed by atoms with Crippen molar-refractivity contribution in [2.75, 3.05) is 49.7 Å². The Hall–Kier alpha value is -3.51. The van der Waals surface area contributed by atoms with Gasteiger partial charge in [0.2, 0.25) is 5.91 Å². The molecule has 4 rings (SSSR count). The van der Waals surface area contributed by atoms with E-state index in [1.54, 1.807) is 6.07 Å². The van der Waals surface area contributed by atoms with Crippen LogP contribution >= 0.6 is 11.3 Å². The molecular formula is C25H28N4O6S2. The number of esters is 1. The van der Waals surface area contributed by atoms with Crippen molar-refractivity contribution in [2.24, 2.45) is 4.99 Å². The number of nitrogens with zero attached hydrogens (tertiary/aromatic N) is 4. The predicted octanol–water partition coefficient (Wildman–Crippen LogP) is 1.38. The van der Waals surface area contributed by atoms with Crippen LogP contribution < -0.4 is 9.70 Å². The Morgan fingerprint density at radius 2 is 1.70 bits per heavy atom. The molecule has 0 aliphatic carbocycles. The summed E-state index contributed by atoms with van der Waals surface area (Å²) in [6.45, 7) is 3.72. The first-order valence-corrected chi connectivity index (χ1v) is 14.3. The van der Waals surface area contributed by atoms with Gasteiger partial charge in [0.05, 0.1) is 17.3 Å². The zero-order valence-electron chi connectivity index (χ0n) is 20.6. The first-order chi connectivity index (χ1) is 17.6. The van der Waals surface area contributed by atoms with E-state index in [0.29, 0.717) is 31.7 Å². The highest BCUT2D eigenvalue weighted by atomic mass is 32.2. The number of ether oxygens (including phenoxy) is 1. The van der Waals surface area contributed by atoms with Crippen LogP contribution in [0, 0.1) is 6.92 Å². The monoisotopic (exact) mass is 544 g/mol. The van der Waals surface area contributed by atoms with E-state index in [-0.39, 0.29) is 11.3 Å². The van der Waals surface area contributed by atoms with Crippen molar-refractivity contribution in [3.63, 3.8) is 0 Å². The molecule has 1 aliphatic heterocycles. The lowest BCUT2D eigenvalue weighted by Gasteiger charge is -2.36. The van der Waals surface area contributed by atoms with E-state index in [1.807, 2.05) is 49.4 Å². The molecule has 0 atom stereocenters. The summed E-state index contributed by atoms with van der Waals surface area (Å²) in [4.78, 5) is 45.1. The van der Waals surface area contributed by atoms with Gasteiger partial charge in [-0.25, -0.2) is 8.42 Å². The Labute approximate surface area is 218 Å². The number of rotatable bonds is 7. The van der Waals surface area contributed by atoms with Crippen LogP contribution in [0.1, 0.15) is 5.56 Å². The first kappa shape index (κ1) is 26.6. The second-order valence-electron chi connectivity index (χ2n) is 8.76. The van der Waals surface area contributed by atoms with Gasteiger partial charge in [0.25, 0.3) is 5.91 Å². The number of aryl methyl sites for hydroxylation is 1. The van der Waals surface area contributed by atoms with E-state index in [4.69, 9.17) is 4.74 Å². The number of aromatic nitrogens is 1. The molecule has 0 spiro atoms. The number of benzene rings is 2. The van der Waals surface area contributed by atoms with Gasteiger partial charge in [-0.3, -0.25) is 14.4 Å². The second-order valence-corrected chi connectivity index (χ2v) is 11.8. The minimum absolute atomic E-state index is 0.175. The lowest BCUT2D eigenvalue weighted by molar-refractivity contribution is -0.141. The van der Waals surface area contributed by atoms with Crippen LogP contribution in [0.3, 0.4) is 0 Å². The summed E-state index contributed by atoms with van der Waals surface area (Å²) >= 11 is 1.17. The van der Waals surface area contributed by atoms with Crippen molar-refractivity contribution in [1.82, 2.24) is 9.47 Å². The maximum atomic E-state index is 12.7. The third-order valence-corrected chi connectivity index (χ3v) is 8.43. The number of carbonyl (C=O) groups excluding carboxylic acids is 3. The van der Waals surface area contributed by atoms with Gasteiger partial charge in [0.1, 0.15) is 18.1 Å². The predicted molar refractivity (Wildman–Crippen MR) is 141 cm³/mol. The maximum Gasteiger partial charge on any atom is 0.325 e. The van der Waals surface area contributed by atoms with Gasteiger partial charge in [-0.2, -0.15) is 4.99 Å². The number of para-hydroxylation sites is 1. The smallest absolute Gasteiger partial charge is 0.325 e. The number of anilines is 1. The SMILES string of the molecule is COC(=O)Cn1c(=NC(=O)CS(=O)(=O)CC(=O)N2CCN(c3ccccc3)CC2)sc2cc(C)ccc21. The third-order valence-electron chi connectivity index (χ3n) is 6.01. The van der Waals surface area contributed by atoms with Crippen LogP contribution in [0.4, 0.5) is 5.69 Å². The molecule has 3 aromatic rings. The summed E-state index contributed by atoms with van der Waals surface area (Å²) in [5.74, 6) is -3.61. The fourth-order valence-corrected chi connectivity index (χ4v) is 6.37. The Morgan fingerprint density at radius 3 is 2.38 bits per heavy atom. The summed E-state index contributed by atoms with van der Waals surface area (Å²) in [5.41, 5.74) is 2.72. The van der Waals surface area contributed by atoms with E-state index in [0.717, 1.165) is 16.0 Å². The third kappa shape index (κ3) is 6.63. The molecule has 196 valence electrons. The van der Waals surface area contributed by atoms with Crippen LogP contribution in [0.5, 0.6) is 0 Å². The molecule has 1 aromatic heterocycles. The largest absolute Gasteiger partial charge is 0.468 e. The van der Waals surface area contributed by atoms with Gasteiger partial charge in [-0.15, -0.1) is 0 Å². The standard InChI is InChI=1S/C25H28N4O6S2/c1-18-8-9-20-21(14-18)36-25(29(20)15-24(32)35-2)26-22(30)16-37(33,34)17-23(31)28-12-10-27(11-13-28)19-6-4-3-5-7-19/h3-9,14H,10-13,15-17H2,1-2H3. The molecule has 0 unspecified atom stereocenters. The van der Waals surface area contributed by atoms with Gasteiger partial charge >= 0.3 is 5.97 Å². The van der Waals surface area contributed by atoms with Crippen molar-refractivity contribution in [3.05, 3.63) is 58.9 Å². The number of amides is 2. The van der Waals surface area contributed by atoms with E-state index < -0.39 is 39.1 Å². The van der Waals surface area contributed by atoms with Crippen molar-refractivity contribution < 1.29 is 27.5 Å². The molecule has 2 aromatic carbocycles. The fraction of sp³-hybridized carbons (Fsp3) is 0.360. The summed E-state index contributed by atoms with van der Waals surface area (Å²) in [7, 11) is -2.78. The highest BCUT2D eigenvalue weighted by Gasteiger charge is 2.27. The van der Waals surface area contributed by atoms with Gasteiger partial charge < -0.3 is 19.1 Å². The highest BCUT2D eigenvalue weighted by Crippen LogP contribution is 2.19. The van der Waals surface area contributed by atoms with E-state index in [2.05, 4.69) is 9.89 Å². The Balaban J connectivity index is 1.43. The van der Waals surface area contributed by atoms with Crippen LogP contribution in [0.25, 0.3) is 10.2 Å². The minimum atomic E-state index is -4.04. The lowest BCUT2D eigenvalue weighted by Crippen LogP contribution is -2.50. The number of fused-ring (bicyclic) bond motifs is 1. The Morgan fingerprint density at radius 1 is 1.00 bits per heavy atom. The van der Waals surface area contributed by atoms with Crippen LogP contribution in [-0.2, 0) is 35.5 Å². The van der Waals surface area contributed by atoms with E-state index in [1.165, 1.54) is 27.9 Å². The van der Waals surface area contributed by atoms with Crippen LogP contribution in [0.15, 0.2) is 53.5 Å². The minimum Gasteiger partial charge on any atom is -0.468 e. The van der Waals surface area contributed by atoms with Gasteiger partial charge in [0, 0.05) is 31.9 Å². The molecule has 2 amide bonds. The van der Waals surface area contributed by atoms with Crippen LogP contribution in [0.2, 0.25) is 0 Å². The molecular weight excluding hydrogens is 516 g/mol. The van der Waals surface area contributed by atoms with Crippen molar-refractivity contribution >= 4 is 54.9 Å². The summed E-state index contributed by atoms with van der Waals surface area (Å²) in [5, 5.41) is 0. The molecule has 10 nitrogen and oxygen atoms in total. The fourth-order valence-electron chi connectivity index (χ4n) is 4.12. The average molecular weight is 545 g/mol. The molecule has 0 N–H and O–H groups in total. The number of thiazole rings is 1. The lowest BCUT2D eigenvalue weighted by atomic mass is 10.2. The summed E-state index contributed by atoms with van der Waals surface area (Å²) in [6, 6.07) is 15.4. The molecule has 0 bridgehead atoms. The first-order valence-electron chi connectivity index (χ1n) is 11.7. The zero-order valence-corrected chi connectivity index (χ0v) is 22.3. The number of methoxy groups -OCH3 is 1. The Bertz CT molecular complexity index is 1490. The molecule has 0 saturated carbocycles. The second kappa shape index (κ2) is 11.3. The summed E-state index contributed by atoms with van der Waals surface area (Å²) in [6.07, 6.45) is 0. The van der Waals surface area contributed by atoms with Crippen molar-refractivity contribution in [2.45, 2.75) is 13.5 Å². The normalized spacial score (nSPS) is 14.7. The van der Waals surface area contributed by atoms with Gasteiger partial charge in [-0.05, 0) is 36.8 Å².